The van der Waals surface area contributed by atoms with Crippen molar-refractivity contribution in [2.24, 2.45) is 0 Å². The third-order valence-corrected chi connectivity index (χ3v) is 6.63. The molecule has 0 spiro atoms. The maximum absolute atomic E-state index is 13.1. The third kappa shape index (κ3) is 6.44. The molecule has 0 saturated carbocycles. The minimum atomic E-state index is -3.70. The molecule has 0 atom stereocenters. The summed E-state index contributed by atoms with van der Waals surface area (Å²) >= 11 is 0. The van der Waals surface area contributed by atoms with Crippen LogP contribution in [0.2, 0.25) is 0 Å². The van der Waals surface area contributed by atoms with Gasteiger partial charge in [-0.15, -0.1) is 0 Å². The van der Waals surface area contributed by atoms with E-state index in [-0.39, 0.29) is 16.7 Å². The molecule has 0 aliphatic rings. The van der Waals surface area contributed by atoms with Gasteiger partial charge in [0.15, 0.2) is 0 Å². The zero-order valence-corrected chi connectivity index (χ0v) is 20.1. The van der Waals surface area contributed by atoms with Crippen molar-refractivity contribution in [3.8, 4) is 11.5 Å². The lowest BCUT2D eigenvalue weighted by molar-refractivity contribution is 0.101. The minimum Gasteiger partial charge on any atom is -0.490 e. The van der Waals surface area contributed by atoms with Crippen LogP contribution >= 0.6 is 0 Å². The highest BCUT2D eigenvalue weighted by atomic mass is 32.2. The van der Waals surface area contributed by atoms with E-state index < -0.39 is 15.9 Å². The van der Waals surface area contributed by atoms with Crippen LogP contribution in [0.15, 0.2) is 47.4 Å². The van der Waals surface area contributed by atoms with E-state index in [4.69, 9.17) is 14.2 Å². The van der Waals surface area contributed by atoms with Gasteiger partial charge in [-0.25, -0.2) is 8.42 Å². The molecule has 0 aliphatic carbocycles. The van der Waals surface area contributed by atoms with Crippen LogP contribution in [0.25, 0.3) is 0 Å². The topological polar surface area (TPSA) is 94.2 Å². The summed E-state index contributed by atoms with van der Waals surface area (Å²) in [5.41, 5.74) is 0.583. The van der Waals surface area contributed by atoms with Crippen molar-refractivity contribution in [2.75, 3.05) is 38.7 Å². The number of nitrogens with zero attached hydrogens (tertiary/aromatic N) is 1. The minimum absolute atomic E-state index is 0.0808. The van der Waals surface area contributed by atoms with Crippen molar-refractivity contribution < 1.29 is 27.4 Å². The number of carbonyl (C=O) groups is 1. The lowest BCUT2D eigenvalue weighted by Crippen LogP contribution is -2.30. The summed E-state index contributed by atoms with van der Waals surface area (Å²) in [5.74, 6) is 0.342. The standard InChI is InChI=1S/C23H32N2O6S/c1-6-25(7-2)32(27,28)18-12-13-22(31-17(3)4)20(16-18)24-23(26)19-10-8-9-11-21(19)30-15-14-29-5/h8-13,16-17H,6-7,14-15H2,1-5H3,(H,24,26). The fourth-order valence-corrected chi connectivity index (χ4v) is 4.53. The molecule has 2 aromatic rings. The maximum atomic E-state index is 13.1. The van der Waals surface area contributed by atoms with E-state index in [1.165, 1.54) is 16.4 Å². The van der Waals surface area contributed by atoms with Crippen LogP contribution in [0.1, 0.15) is 38.1 Å². The van der Waals surface area contributed by atoms with Crippen molar-refractivity contribution in [1.29, 1.82) is 0 Å². The SMILES string of the molecule is CCN(CC)S(=O)(=O)c1ccc(OC(C)C)c(NC(=O)c2ccccc2OCCOC)c1. The number of sulfonamides is 1. The van der Waals surface area contributed by atoms with Gasteiger partial charge in [-0.3, -0.25) is 4.79 Å². The summed E-state index contributed by atoms with van der Waals surface area (Å²) in [6.07, 6.45) is -0.166. The Morgan fingerprint density at radius 3 is 2.34 bits per heavy atom. The van der Waals surface area contributed by atoms with Gasteiger partial charge in [0.1, 0.15) is 18.1 Å². The van der Waals surface area contributed by atoms with Gasteiger partial charge in [0.2, 0.25) is 10.0 Å². The zero-order valence-electron chi connectivity index (χ0n) is 19.3. The average Bonchev–Trinajstić information content (AvgIpc) is 2.75. The normalized spacial score (nSPS) is 11.6. The number of methoxy groups -OCH3 is 1. The quantitative estimate of drug-likeness (QED) is 0.481. The number of anilines is 1. The molecule has 0 saturated heterocycles. The van der Waals surface area contributed by atoms with Crippen LogP contribution in [0.5, 0.6) is 11.5 Å². The molecule has 0 heterocycles. The summed E-state index contributed by atoms with van der Waals surface area (Å²) in [4.78, 5) is 13.2. The second-order valence-corrected chi connectivity index (χ2v) is 9.14. The third-order valence-electron chi connectivity index (χ3n) is 4.58. The number of ether oxygens (including phenoxy) is 3. The molecule has 0 aliphatic heterocycles. The van der Waals surface area contributed by atoms with Gasteiger partial charge in [0.25, 0.3) is 5.91 Å². The lowest BCUT2D eigenvalue weighted by atomic mass is 10.1. The number of amides is 1. The Morgan fingerprint density at radius 2 is 1.72 bits per heavy atom. The highest BCUT2D eigenvalue weighted by Crippen LogP contribution is 2.31. The molecule has 32 heavy (non-hydrogen) atoms. The van der Waals surface area contributed by atoms with E-state index in [2.05, 4.69) is 5.32 Å². The largest absolute Gasteiger partial charge is 0.490 e. The van der Waals surface area contributed by atoms with Crippen LogP contribution in [0, 0.1) is 0 Å². The van der Waals surface area contributed by atoms with E-state index >= 15 is 0 Å². The van der Waals surface area contributed by atoms with Crippen molar-refractivity contribution >= 4 is 21.6 Å². The molecular formula is C23H32N2O6S. The van der Waals surface area contributed by atoms with E-state index in [9.17, 15) is 13.2 Å². The van der Waals surface area contributed by atoms with Gasteiger partial charge in [0.05, 0.1) is 28.9 Å². The number of para-hydroxylation sites is 1. The van der Waals surface area contributed by atoms with Gasteiger partial charge in [-0.1, -0.05) is 26.0 Å². The summed E-state index contributed by atoms with van der Waals surface area (Å²) in [6.45, 7) is 8.62. The number of hydrogen-bond donors (Lipinski definition) is 1. The van der Waals surface area contributed by atoms with E-state index in [1.807, 2.05) is 13.8 Å². The van der Waals surface area contributed by atoms with Crippen molar-refractivity contribution in [2.45, 2.75) is 38.7 Å². The molecule has 0 unspecified atom stereocenters. The molecule has 0 radical (unpaired) electrons. The predicted octanol–water partition coefficient (Wildman–Crippen LogP) is 3.78. The van der Waals surface area contributed by atoms with Gasteiger partial charge in [-0.2, -0.15) is 4.31 Å². The van der Waals surface area contributed by atoms with Gasteiger partial charge in [0, 0.05) is 20.2 Å². The lowest BCUT2D eigenvalue weighted by Gasteiger charge is -2.21. The molecule has 1 amide bonds. The number of carbonyl (C=O) groups excluding carboxylic acids is 1. The molecule has 0 aromatic heterocycles. The number of hydrogen-bond acceptors (Lipinski definition) is 6. The number of rotatable bonds is 12. The summed E-state index contributed by atoms with van der Waals surface area (Å²) in [7, 11) is -2.14. The molecule has 1 N–H and O–H groups in total. The Bertz CT molecular complexity index is 1000. The Morgan fingerprint density at radius 1 is 1.03 bits per heavy atom. The first-order chi connectivity index (χ1) is 15.2. The first-order valence-electron chi connectivity index (χ1n) is 10.6. The summed E-state index contributed by atoms with van der Waals surface area (Å²) in [5, 5.41) is 2.79. The van der Waals surface area contributed by atoms with E-state index in [1.54, 1.807) is 51.3 Å². The molecule has 0 bridgehead atoms. The number of benzene rings is 2. The van der Waals surface area contributed by atoms with E-state index in [0.29, 0.717) is 43.4 Å². The van der Waals surface area contributed by atoms with Crippen LogP contribution in [-0.2, 0) is 14.8 Å². The Hall–Kier alpha value is -2.62. The Kier molecular flexibility index (Phi) is 9.49. The summed E-state index contributed by atoms with van der Waals surface area (Å²) in [6, 6.07) is 11.3. The second kappa shape index (κ2) is 11.8. The number of nitrogens with one attached hydrogen (secondary N) is 1. The van der Waals surface area contributed by atoms with Crippen LogP contribution in [0.3, 0.4) is 0 Å². The first kappa shape index (κ1) is 25.6. The van der Waals surface area contributed by atoms with Gasteiger partial charge >= 0.3 is 0 Å². The van der Waals surface area contributed by atoms with Crippen molar-refractivity contribution in [3.05, 3.63) is 48.0 Å². The average molecular weight is 465 g/mol. The van der Waals surface area contributed by atoms with Crippen LogP contribution in [0.4, 0.5) is 5.69 Å². The second-order valence-electron chi connectivity index (χ2n) is 7.21. The molecule has 2 rings (SSSR count). The molecule has 176 valence electrons. The monoisotopic (exact) mass is 464 g/mol. The fourth-order valence-electron chi connectivity index (χ4n) is 3.04. The molecule has 8 nitrogen and oxygen atoms in total. The predicted molar refractivity (Wildman–Crippen MR) is 124 cm³/mol. The zero-order chi connectivity index (χ0) is 23.7. The van der Waals surface area contributed by atoms with Crippen molar-refractivity contribution in [3.63, 3.8) is 0 Å². The highest BCUT2D eigenvalue weighted by Gasteiger charge is 2.24. The Labute approximate surface area is 190 Å². The molecule has 2 aromatic carbocycles. The molecule has 9 heteroatoms. The van der Waals surface area contributed by atoms with Crippen LogP contribution in [-0.4, -0.2) is 58.1 Å². The smallest absolute Gasteiger partial charge is 0.259 e. The molecule has 0 fully saturated rings. The molecular weight excluding hydrogens is 432 g/mol. The Balaban J connectivity index is 2.42. The fraction of sp³-hybridized carbons (Fsp3) is 0.435. The van der Waals surface area contributed by atoms with Gasteiger partial charge in [-0.05, 0) is 44.2 Å². The van der Waals surface area contributed by atoms with Crippen molar-refractivity contribution in [1.82, 2.24) is 4.31 Å². The highest BCUT2D eigenvalue weighted by molar-refractivity contribution is 7.89. The van der Waals surface area contributed by atoms with Crippen LogP contribution < -0.4 is 14.8 Å². The first-order valence-corrected chi connectivity index (χ1v) is 12.0. The maximum Gasteiger partial charge on any atom is 0.259 e. The van der Waals surface area contributed by atoms with E-state index in [0.717, 1.165) is 0 Å². The van der Waals surface area contributed by atoms with Gasteiger partial charge < -0.3 is 19.5 Å². The summed E-state index contributed by atoms with van der Waals surface area (Å²) < 4.78 is 43.8.